The average Bonchev–Trinajstić information content (AvgIpc) is 2.32. The summed E-state index contributed by atoms with van der Waals surface area (Å²) in [4.78, 5) is 6.13. The standard InChI is InChI=1S/C11H7F5N4/c12-5-2-1-3-6(13)9(5)19-8-4-7(17)18-10(20-8)11(14,15)16/h1-4H,(H3,17,18,19,20). The van der Waals surface area contributed by atoms with Crippen LogP contribution in [0.2, 0.25) is 0 Å². The van der Waals surface area contributed by atoms with Crippen molar-refractivity contribution in [2.75, 3.05) is 11.1 Å². The summed E-state index contributed by atoms with van der Waals surface area (Å²) in [5.41, 5.74) is 4.58. The lowest BCUT2D eigenvalue weighted by molar-refractivity contribution is -0.144. The SMILES string of the molecule is Nc1cc(Nc2c(F)cccc2F)nc(C(F)(F)F)n1. The third-order valence-corrected chi connectivity index (χ3v) is 2.22. The number of nitrogens with two attached hydrogens (primary N) is 1. The summed E-state index contributed by atoms with van der Waals surface area (Å²) in [5.74, 6) is -4.40. The number of para-hydroxylation sites is 1. The second-order valence-corrected chi connectivity index (χ2v) is 3.72. The molecule has 0 aliphatic carbocycles. The first-order valence-corrected chi connectivity index (χ1v) is 5.20. The van der Waals surface area contributed by atoms with Crippen molar-refractivity contribution in [2.24, 2.45) is 0 Å². The maximum atomic E-state index is 13.4. The van der Waals surface area contributed by atoms with Crippen LogP contribution in [0, 0.1) is 11.6 Å². The minimum absolute atomic E-state index is 0.464. The Kier molecular flexibility index (Phi) is 3.43. The van der Waals surface area contributed by atoms with Gasteiger partial charge >= 0.3 is 6.18 Å². The van der Waals surface area contributed by atoms with Crippen molar-refractivity contribution in [3.63, 3.8) is 0 Å². The molecule has 0 unspecified atom stereocenters. The number of hydrogen-bond acceptors (Lipinski definition) is 4. The molecule has 0 amide bonds. The highest BCUT2D eigenvalue weighted by atomic mass is 19.4. The lowest BCUT2D eigenvalue weighted by Gasteiger charge is -2.11. The molecule has 2 aromatic rings. The number of nitrogens with zero attached hydrogens (tertiary/aromatic N) is 2. The molecule has 0 radical (unpaired) electrons. The number of benzene rings is 1. The molecule has 3 N–H and O–H groups in total. The van der Waals surface area contributed by atoms with Gasteiger partial charge in [0.1, 0.15) is 29.0 Å². The van der Waals surface area contributed by atoms with Crippen LogP contribution in [0.4, 0.5) is 39.3 Å². The fourth-order valence-corrected chi connectivity index (χ4v) is 1.40. The van der Waals surface area contributed by atoms with Crippen LogP contribution in [0.1, 0.15) is 5.82 Å². The monoisotopic (exact) mass is 290 g/mol. The van der Waals surface area contributed by atoms with E-state index in [1.165, 1.54) is 0 Å². The van der Waals surface area contributed by atoms with Gasteiger partial charge in [-0.25, -0.2) is 18.7 Å². The summed E-state index contributed by atoms with van der Waals surface area (Å²) >= 11 is 0. The van der Waals surface area contributed by atoms with E-state index in [2.05, 4.69) is 15.3 Å². The van der Waals surface area contributed by atoms with Gasteiger partial charge in [0, 0.05) is 6.07 Å². The highest BCUT2D eigenvalue weighted by molar-refractivity contribution is 5.59. The summed E-state index contributed by atoms with van der Waals surface area (Å²) in [6.07, 6.45) is -4.82. The highest BCUT2D eigenvalue weighted by Gasteiger charge is 2.35. The van der Waals surface area contributed by atoms with Crippen molar-refractivity contribution < 1.29 is 22.0 Å². The predicted molar refractivity (Wildman–Crippen MR) is 61.1 cm³/mol. The third-order valence-electron chi connectivity index (χ3n) is 2.22. The van der Waals surface area contributed by atoms with Gasteiger partial charge in [0.15, 0.2) is 0 Å². The first-order chi connectivity index (χ1) is 9.27. The number of alkyl halides is 3. The molecule has 0 aliphatic heterocycles. The molecule has 1 aromatic carbocycles. The Bertz CT molecular complexity index is 621. The maximum Gasteiger partial charge on any atom is 0.451 e. The van der Waals surface area contributed by atoms with Gasteiger partial charge in [-0.1, -0.05) is 6.07 Å². The molecule has 4 nitrogen and oxygen atoms in total. The van der Waals surface area contributed by atoms with E-state index in [9.17, 15) is 22.0 Å². The topological polar surface area (TPSA) is 63.8 Å². The van der Waals surface area contributed by atoms with Crippen LogP contribution < -0.4 is 11.1 Å². The van der Waals surface area contributed by atoms with Crippen LogP contribution in [0.3, 0.4) is 0 Å². The second kappa shape index (κ2) is 4.91. The predicted octanol–water partition coefficient (Wildman–Crippen LogP) is 3.10. The fourth-order valence-electron chi connectivity index (χ4n) is 1.40. The fraction of sp³-hybridized carbons (Fsp3) is 0.0909. The van der Waals surface area contributed by atoms with E-state index in [1.807, 2.05) is 0 Å². The lowest BCUT2D eigenvalue weighted by Crippen LogP contribution is -2.14. The molecule has 0 aliphatic rings. The van der Waals surface area contributed by atoms with Crippen molar-refractivity contribution in [2.45, 2.75) is 6.18 Å². The molecule has 9 heteroatoms. The molecule has 0 atom stereocenters. The van der Waals surface area contributed by atoms with Crippen molar-refractivity contribution in [3.8, 4) is 0 Å². The molecule has 106 valence electrons. The summed E-state index contributed by atoms with van der Waals surface area (Å²) in [6, 6.07) is 3.94. The number of anilines is 3. The number of aromatic nitrogens is 2. The number of hydrogen-bond donors (Lipinski definition) is 2. The molecule has 0 spiro atoms. The Hall–Kier alpha value is -2.45. The van der Waals surface area contributed by atoms with Crippen molar-refractivity contribution in [1.29, 1.82) is 0 Å². The summed E-state index contributed by atoms with van der Waals surface area (Å²) < 4.78 is 64.2. The van der Waals surface area contributed by atoms with Crippen LogP contribution >= 0.6 is 0 Å². The van der Waals surface area contributed by atoms with Gasteiger partial charge in [-0.2, -0.15) is 13.2 Å². The molecule has 2 rings (SSSR count). The van der Waals surface area contributed by atoms with E-state index in [1.54, 1.807) is 0 Å². The largest absolute Gasteiger partial charge is 0.451 e. The Morgan fingerprint density at radius 1 is 1.05 bits per heavy atom. The van der Waals surface area contributed by atoms with Crippen LogP contribution in [0.15, 0.2) is 24.3 Å². The number of rotatable bonds is 2. The van der Waals surface area contributed by atoms with Crippen LogP contribution in [-0.2, 0) is 6.18 Å². The van der Waals surface area contributed by atoms with Crippen LogP contribution in [-0.4, -0.2) is 9.97 Å². The maximum absolute atomic E-state index is 13.4. The molecule has 20 heavy (non-hydrogen) atoms. The van der Waals surface area contributed by atoms with Crippen LogP contribution in [0.5, 0.6) is 0 Å². The smallest absolute Gasteiger partial charge is 0.384 e. The van der Waals surface area contributed by atoms with E-state index in [0.29, 0.717) is 0 Å². The quantitative estimate of drug-likeness (QED) is 0.834. The molecule has 0 bridgehead atoms. The number of nitrogens with one attached hydrogen (secondary N) is 1. The van der Waals surface area contributed by atoms with Gasteiger partial charge in [-0.05, 0) is 12.1 Å². The minimum Gasteiger partial charge on any atom is -0.384 e. The molecule has 1 aromatic heterocycles. The van der Waals surface area contributed by atoms with E-state index >= 15 is 0 Å². The van der Waals surface area contributed by atoms with Gasteiger partial charge in [0.2, 0.25) is 5.82 Å². The van der Waals surface area contributed by atoms with Gasteiger partial charge in [-0.3, -0.25) is 0 Å². The Morgan fingerprint density at radius 3 is 2.20 bits per heavy atom. The molecule has 0 saturated heterocycles. The number of halogens is 5. The molecular weight excluding hydrogens is 283 g/mol. The zero-order valence-electron chi connectivity index (χ0n) is 9.67. The minimum atomic E-state index is -4.82. The van der Waals surface area contributed by atoms with E-state index < -0.39 is 41.0 Å². The second-order valence-electron chi connectivity index (χ2n) is 3.72. The molecule has 1 heterocycles. The van der Waals surface area contributed by atoms with Crippen molar-refractivity contribution >= 4 is 17.3 Å². The zero-order valence-corrected chi connectivity index (χ0v) is 9.67. The van der Waals surface area contributed by atoms with Crippen molar-refractivity contribution in [1.82, 2.24) is 9.97 Å². The number of nitrogen functional groups attached to an aromatic ring is 1. The van der Waals surface area contributed by atoms with E-state index in [4.69, 9.17) is 5.73 Å². The first kappa shape index (κ1) is 14.0. The van der Waals surface area contributed by atoms with Gasteiger partial charge < -0.3 is 11.1 Å². The summed E-state index contributed by atoms with van der Waals surface area (Å²) in [5, 5.41) is 2.11. The average molecular weight is 290 g/mol. The Morgan fingerprint density at radius 2 is 1.65 bits per heavy atom. The van der Waals surface area contributed by atoms with Gasteiger partial charge in [-0.15, -0.1) is 0 Å². The first-order valence-electron chi connectivity index (χ1n) is 5.20. The lowest BCUT2D eigenvalue weighted by atomic mass is 10.3. The van der Waals surface area contributed by atoms with Crippen LogP contribution in [0.25, 0.3) is 0 Å². The van der Waals surface area contributed by atoms with E-state index in [-0.39, 0.29) is 0 Å². The normalized spacial score (nSPS) is 11.4. The molecule has 0 fully saturated rings. The third kappa shape index (κ3) is 2.92. The zero-order chi connectivity index (χ0) is 14.9. The van der Waals surface area contributed by atoms with Gasteiger partial charge in [0.25, 0.3) is 0 Å². The summed E-state index contributed by atoms with van der Waals surface area (Å²) in [6.45, 7) is 0. The van der Waals surface area contributed by atoms with E-state index in [0.717, 1.165) is 24.3 Å². The highest BCUT2D eigenvalue weighted by Crippen LogP contribution is 2.29. The Balaban J connectivity index is 2.42. The molecular formula is C11H7F5N4. The summed E-state index contributed by atoms with van der Waals surface area (Å²) in [7, 11) is 0. The van der Waals surface area contributed by atoms with Gasteiger partial charge in [0.05, 0.1) is 0 Å². The Labute approximate surface area is 109 Å². The van der Waals surface area contributed by atoms with Crippen molar-refractivity contribution in [3.05, 3.63) is 41.7 Å². The molecule has 0 saturated carbocycles.